The van der Waals surface area contributed by atoms with Gasteiger partial charge < -0.3 is 9.47 Å². The summed E-state index contributed by atoms with van der Waals surface area (Å²) in [5.41, 5.74) is 0. The van der Waals surface area contributed by atoms with Crippen molar-refractivity contribution >= 4 is 11.6 Å². The van der Waals surface area contributed by atoms with E-state index in [2.05, 4.69) is 0 Å². The fraction of sp³-hybridized carbons (Fsp3) is 0.571. The molecule has 1 aromatic rings. The molecule has 1 fully saturated rings. The van der Waals surface area contributed by atoms with Crippen LogP contribution in [0.1, 0.15) is 32.1 Å². The summed E-state index contributed by atoms with van der Waals surface area (Å²) in [6, 6.07) is 7.53. The molecule has 1 saturated heterocycles. The number of rotatable bonds is 8. The van der Waals surface area contributed by atoms with Crippen LogP contribution < -0.4 is 4.74 Å². The molecule has 0 radical (unpaired) electrons. The van der Waals surface area contributed by atoms with Gasteiger partial charge in [-0.2, -0.15) is 0 Å². The smallest absolute Gasteiger partial charge is 0.119 e. The summed E-state index contributed by atoms with van der Waals surface area (Å²) in [6.07, 6.45) is 6.74. The van der Waals surface area contributed by atoms with Crippen molar-refractivity contribution < 1.29 is 9.47 Å². The first-order valence-electron chi connectivity index (χ1n) is 6.34. The minimum atomic E-state index is 0.584. The fourth-order valence-corrected chi connectivity index (χ4v) is 1.91. The Bertz CT molecular complexity index is 319. The van der Waals surface area contributed by atoms with Crippen LogP contribution >= 0.6 is 11.6 Å². The maximum atomic E-state index is 5.80. The first-order valence-corrected chi connectivity index (χ1v) is 6.72. The van der Waals surface area contributed by atoms with E-state index in [9.17, 15) is 0 Å². The third-order valence-electron chi connectivity index (χ3n) is 2.91. The second kappa shape index (κ2) is 6.87. The van der Waals surface area contributed by atoms with E-state index in [0.717, 1.165) is 30.4 Å². The molecule has 1 aromatic carbocycles. The third kappa shape index (κ3) is 5.42. The van der Waals surface area contributed by atoms with Gasteiger partial charge in [-0.3, -0.25) is 0 Å². The molecule has 0 bridgehead atoms. The van der Waals surface area contributed by atoms with Crippen LogP contribution in [-0.2, 0) is 4.74 Å². The Morgan fingerprint density at radius 2 is 1.82 bits per heavy atom. The van der Waals surface area contributed by atoms with Gasteiger partial charge in [-0.25, -0.2) is 0 Å². The summed E-state index contributed by atoms with van der Waals surface area (Å²) in [5.74, 6) is 0.904. The first-order chi connectivity index (χ1) is 8.34. The van der Waals surface area contributed by atoms with E-state index in [-0.39, 0.29) is 0 Å². The quantitative estimate of drug-likeness (QED) is 0.515. The van der Waals surface area contributed by atoms with Crippen LogP contribution in [0.25, 0.3) is 0 Å². The van der Waals surface area contributed by atoms with Crippen molar-refractivity contribution in [2.45, 2.75) is 38.2 Å². The van der Waals surface area contributed by atoms with Gasteiger partial charge in [0, 0.05) is 5.02 Å². The molecule has 1 atom stereocenters. The maximum Gasteiger partial charge on any atom is 0.119 e. The second-order valence-corrected chi connectivity index (χ2v) is 4.90. The van der Waals surface area contributed by atoms with Crippen molar-refractivity contribution in [3.05, 3.63) is 29.3 Å². The fourth-order valence-electron chi connectivity index (χ4n) is 1.78. The zero-order valence-electron chi connectivity index (χ0n) is 10.0. The normalized spacial score (nSPS) is 18.1. The Kier molecular flexibility index (Phi) is 5.14. The van der Waals surface area contributed by atoms with E-state index >= 15 is 0 Å². The van der Waals surface area contributed by atoms with Gasteiger partial charge in [0.05, 0.1) is 19.3 Å². The number of halogens is 1. The number of epoxide rings is 1. The van der Waals surface area contributed by atoms with E-state index in [1.54, 1.807) is 0 Å². The van der Waals surface area contributed by atoms with Gasteiger partial charge in [-0.15, -0.1) is 0 Å². The van der Waals surface area contributed by atoms with Gasteiger partial charge in [0.2, 0.25) is 0 Å². The summed E-state index contributed by atoms with van der Waals surface area (Å²) in [6.45, 7) is 1.78. The lowest BCUT2D eigenvalue weighted by molar-refractivity contribution is 0.303. The van der Waals surface area contributed by atoms with Crippen LogP contribution in [0.5, 0.6) is 5.75 Å². The molecule has 17 heavy (non-hydrogen) atoms. The molecule has 1 unspecified atom stereocenters. The topological polar surface area (TPSA) is 21.8 Å². The molecule has 0 N–H and O–H groups in total. The summed E-state index contributed by atoms with van der Waals surface area (Å²) in [5, 5.41) is 0.750. The molecular weight excluding hydrogens is 236 g/mol. The molecule has 3 heteroatoms. The predicted octanol–water partition coefficient (Wildman–Crippen LogP) is 4.07. The molecule has 1 aliphatic heterocycles. The summed E-state index contributed by atoms with van der Waals surface area (Å²) in [4.78, 5) is 0. The summed E-state index contributed by atoms with van der Waals surface area (Å²) in [7, 11) is 0. The lowest BCUT2D eigenvalue weighted by Gasteiger charge is -2.05. The van der Waals surface area contributed by atoms with Crippen molar-refractivity contribution in [2.75, 3.05) is 13.2 Å². The van der Waals surface area contributed by atoms with Crippen LogP contribution in [0.15, 0.2) is 24.3 Å². The van der Waals surface area contributed by atoms with Crippen molar-refractivity contribution in [1.29, 1.82) is 0 Å². The zero-order valence-corrected chi connectivity index (χ0v) is 10.8. The Labute approximate surface area is 108 Å². The molecule has 0 saturated carbocycles. The van der Waals surface area contributed by atoms with Crippen LogP contribution in [0.4, 0.5) is 0 Å². The van der Waals surface area contributed by atoms with Crippen molar-refractivity contribution in [2.24, 2.45) is 0 Å². The molecule has 2 nitrogen and oxygen atoms in total. The molecule has 0 amide bonds. The molecule has 0 aliphatic carbocycles. The van der Waals surface area contributed by atoms with Crippen LogP contribution in [0.3, 0.4) is 0 Å². The van der Waals surface area contributed by atoms with Crippen molar-refractivity contribution in [3.63, 3.8) is 0 Å². The second-order valence-electron chi connectivity index (χ2n) is 4.46. The predicted molar refractivity (Wildman–Crippen MR) is 69.8 cm³/mol. The largest absolute Gasteiger partial charge is 0.494 e. The van der Waals surface area contributed by atoms with Gasteiger partial charge in [-0.1, -0.05) is 30.9 Å². The average molecular weight is 255 g/mol. The van der Waals surface area contributed by atoms with E-state index in [1.165, 1.54) is 25.7 Å². The van der Waals surface area contributed by atoms with Crippen molar-refractivity contribution in [3.8, 4) is 5.75 Å². The van der Waals surface area contributed by atoms with Crippen LogP contribution in [-0.4, -0.2) is 19.3 Å². The lowest BCUT2D eigenvalue weighted by Crippen LogP contribution is -1.97. The van der Waals surface area contributed by atoms with E-state index in [0.29, 0.717) is 6.10 Å². The number of hydrogen-bond acceptors (Lipinski definition) is 2. The number of ether oxygens (including phenoxy) is 2. The zero-order chi connectivity index (χ0) is 11.9. The highest BCUT2D eigenvalue weighted by Gasteiger charge is 2.20. The Morgan fingerprint density at radius 1 is 1.12 bits per heavy atom. The number of benzene rings is 1. The first kappa shape index (κ1) is 12.7. The van der Waals surface area contributed by atoms with E-state index < -0.39 is 0 Å². The highest BCUT2D eigenvalue weighted by molar-refractivity contribution is 6.30. The third-order valence-corrected chi connectivity index (χ3v) is 3.16. The minimum Gasteiger partial charge on any atom is -0.494 e. The summed E-state index contributed by atoms with van der Waals surface area (Å²) < 4.78 is 10.8. The van der Waals surface area contributed by atoms with Gasteiger partial charge >= 0.3 is 0 Å². The SMILES string of the molecule is Clc1ccc(OCCCCCCC2CO2)cc1. The Morgan fingerprint density at radius 3 is 2.53 bits per heavy atom. The summed E-state index contributed by atoms with van der Waals surface area (Å²) >= 11 is 5.80. The highest BCUT2D eigenvalue weighted by atomic mass is 35.5. The van der Waals surface area contributed by atoms with Crippen LogP contribution in [0, 0.1) is 0 Å². The van der Waals surface area contributed by atoms with E-state index in [1.807, 2.05) is 24.3 Å². The molecule has 2 rings (SSSR count). The highest BCUT2D eigenvalue weighted by Crippen LogP contribution is 2.18. The van der Waals surface area contributed by atoms with Gasteiger partial charge in [0.25, 0.3) is 0 Å². The minimum absolute atomic E-state index is 0.584. The van der Waals surface area contributed by atoms with Gasteiger partial charge in [0.1, 0.15) is 5.75 Å². The maximum absolute atomic E-state index is 5.80. The molecule has 0 aromatic heterocycles. The van der Waals surface area contributed by atoms with Gasteiger partial charge in [-0.05, 0) is 37.1 Å². The number of hydrogen-bond donors (Lipinski definition) is 0. The Balaban J connectivity index is 1.46. The number of unbranched alkanes of at least 4 members (excludes halogenated alkanes) is 3. The molecule has 1 aliphatic rings. The van der Waals surface area contributed by atoms with Crippen LogP contribution in [0.2, 0.25) is 5.02 Å². The molecule has 1 heterocycles. The van der Waals surface area contributed by atoms with Crippen molar-refractivity contribution in [1.82, 2.24) is 0 Å². The van der Waals surface area contributed by atoms with Gasteiger partial charge in [0.15, 0.2) is 0 Å². The lowest BCUT2D eigenvalue weighted by atomic mass is 10.1. The average Bonchev–Trinajstić information content (AvgIpc) is 3.14. The standard InChI is InChI=1S/C14H19ClO2/c15-12-6-8-13(9-7-12)16-10-4-2-1-3-5-14-11-17-14/h6-9,14H,1-5,10-11H2. The molecular formula is C14H19ClO2. The van der Waals surface area contributed by atoms with E-state index in [4.69, 9.17) is 21.1 Å². The molecule has 94 valence electrons. The monoisotopic (exact) mass is 254 g/mol. The molecule has 0 spiro atoms. The Hall–Kier alpha value is -0.730.